The van der Waals surface area contributed by atoms with Crippen LogP contribution >= 0.6 is 0 Å². The summed E-state index contributed by atoms with van der Waals surface area (Å²) in [4.78, 5) is 22.8. The van der Waals surface area contributed by atoms with Gasteiger partial charge in [-0.3, -0.25) is 19.4 Å². The predicted octanol–water partition coefficient (Wildman–Crippen LogP) is 0.895. The van der Waals surface area contributed by atoms with E-state index in [2.05, 4.69) is 10.4 Å². The predicted molar refractivity (Wildman–Crippen MR) is 74.6 cm³/mol. The second-order valence-corrected chi connectivity index (χ2v) is 4.69. The van der Waals surface area contributed by atoms with Crippen LogP contribution in [0, 0.1) is 0 Å². The molecule has 0 spiro atoms. The molecule has 0 amide bonds. The summed E-state index contributed by atoms with van der Waals surface area (Å²) in [5.41, 5.74) is 1.67. The van der Waals surface area contributed by atoms with Gasteiger partial charge in [-0.2, -0.15) is 0 Å². The number of ether oxygens (including phenoxy) is 1. The molecule has 6 nitrogen and oxygen atoms in total. The van der Waals surface area contributed by atoms with E-state index >= 15 is 0 Å². The van der Waals surface area contributed by atoms with E-state index in [4.69, 9.17) is 4.74 Å². The third kappa shape index (κ3) is 2.65. The highest BCUT2D eigenvalue weighted by Gasteiger charge is 2.17. The van der Waals surface area contributed by atoms with Gasteiger partial charge in [0.1, 0.15) is 6.23 Å². The van der Waals surface area contributed by atoms with E-state index in [-0.39, 0.29) is 17.3 Å². The number of hydrogen-bond donors (Lipinski definition) is 2. The number of rotatable bonds is 3. The summed E-state index contributed by atoms with van der Waals surface area (Å²) in [6.45, 7) is 0.947. The van der Waals surface area contributed by atoms with Gasteiger partial charge in [0.25, 0.3) is 11.1 Å². The second-order valence-electron chi connectivity index (χ2n) is 4.69. The van der Waals surface area contributed by atoms with Crippen molar-refractivity contribution in [3.05, 3.63) is 62.7 Å². The summed E-state index contributed by atoms with van der Waals surface area (Å²) in [5.74, 6) is 0. The van der Waals surface area contributed by atoms with Crippen LogP contribution in [0.15, 0.2) is 46.0 Å². The maximum atomic E-state index is 11.6. The zero-order valence-corrected chi connectivity index (χ0v) is 10.8. The molecule has 2 aromatic rings. The molecular weight excluding hydrogens is 258 g/mol. The number of H-pyrrole nitrogens is 1. The molecule has 2 heterocycles. The number of anilines is 1. The van der Waals surface area contributed by atoms with E-state index in [1.54, 1.807) is 0 Å². The van der Waals surface area contributed by atoms with Crippen molar-refractivity contribution >= 4 is 5.69 Å². The molecule has 0 unspecified atom stereocenters. The average molecular weight is 273 g/mol. The summed E-state index contributed by atoms with van der Waals surface area (Å²) in [6.07, 6.45) is 0.425. The van der Waals surface area contributed by atoms with E-state index in [1.165, 1.54) is 16.8 Å². The standard InChI is InChI=1S/C14H15N3O3/c18-12-5-6-14(19)17(16-12)8-7-13-15-11-4-2-1-3-10(11)9-20-13/h1-6,13,15H,7-9H2,(H,16,18)/t13-/m0/s1. The summed E-state index contributed by atoms with van der Waals surface area (Å²) in [5, 5.41) is 5.77. The van der Waals surface area contributed by atoms with Crippen LogP contribution in [-0.2, 0) is 17.9 Å². The van der Waals surface area contributed by atoms with Crippen LogP contribution in [0.3, 0.4) is 0 Å². The molecule has 0 saturated heterocycles. The molecule has 1 aromatic heterocycles. The van der Waals surface area contributed by atoms with Crippen molar-refractivity contribution in [3.8, 4) is 0 Å². The molecule has 0 radical (unpaired) electrons. The monoisotopic (exact) mass is 273 g/mol. The minimum Gasteiger partial charge on any atom is -0.360 e. The molecule has 1 aromatic carbocycles. The van der Waals surface area contributed by atoms with E-state index in [1.807, 2.05) is 24.3 Å². The third-order valence-electron chi connectivity index (χ3n) is 3.28. The van der Waals surface area contributed by atoms with Gasteiger partial charge in [-0.15, -0.1) is 0 Å². The molecule has 0 aliphatic carbocycles. The van der Waals surface area contributed by atoms with Gasteiger partial charge in [-0.25, -0.2) is 0 Å². The number of para-hydroxylation sites is 1. The first-order valence-electron chi connectivity index (χ1n) is 6.48. The van der Waals surface area contributed by atoms with E-state index < -0.39 is 0 Å². The van der Waals surface area contributed by atoms with Gasteiger partial charge in [-0.1, -0.05) is 18.2 Å². The Hall–Kier alpha value is -2.34. The Morgan fingerprint density at radius 2 is 2.05 bits per heavy atom. The second kappa shape index (κ2) is 5.34. The maximum absolute atomic E-state index is 11.6. The molecule has 0 bridgehead atoms. The number of benzene rings is 1. The van der Waals surface area contributed by atoms with Crippen LogP contribution < -0.4 is 16.4 Å². The molecule has 1 aliphatic rings. The Balaban J connectivity index is 1.67. The van der Waals surface area contributed by atoms with Gasteiger partial charge in [0, 0.05) is 36.3 Å². The smallest absolute Gasteiger partial charge is 0.265 e. The average Bonchev–Trinajstić information content (AvgIpc) is 2.48. The highest BCUT2D eigenvalue weighted by molar-refractivity contribution is 5.52. The molecule has 1 aliphatic heterocycles. The van der Waals surface area contributed by atoms with Gasteiger partial charge < -0.3 is 10.1 Å². The number of aromatic amines is 1. The van der Waals surface area contributed by atoms with Gasteiger partial charge in [-0.05, 0) is 6.07 Å². The van der Waals surface area contributed by atoms with Crippen LogP contribution in [0.25, 0.3) is 0 Å². The quantitative estimate of drug-likeness (QED) is 0.871. The molecule has 2 N–H and O–H groups in total. The normalized spacial score (nSPS) is 17.3. The van der Waals surface area contributed by atoms with Crippen LogP contribution in [-0.4, -0.2) is 16.0 Å². The lowest BCUT2D eigenvalue weighted by Gasteiger charge is -2.27. The van der Waals surface area contributed by atoms with E-state index in [0.717, 1.165) is 11.3 Å². The van der Waals surface area contributed by atoms with Crippen molar-refractivity contribution in [2.24, 2.45) is 0 Å². The van der Waals surface area contributed by atoms with Gasteiger partial charge in [0.15, 0.2) is 0 Å². The summed E-state index contributed by atoms with van der Waals surface area (Å²) < 4.78 is 6.98. The zero-order valence-electron chi connectivity index (χ0n) is 10.8. The number of nitrogens with one attached hydrogen (secondary N) is 2. The lowest BCUT2D eigenvalue weighted by Crippen LogP contribution is -2.33. The first-order chi connectivity index (χ1) is 9.72. The largest absolute Gasteiger partial charge is 0.360 e. The molecule has 1 atom stereocenters. The van der Waals surface area contributed by atoms with Crippen molar-refractivity contribution in [3.63, 3.8) is 0 Å². The van der Waals surface area contributed by atoms with Gasteiger partial charge in [0.2, 0.25) is 0 Å². The Bertz CT molecular complexity index is 720. The SMILES string of the molecule is O=c1ccc(=O)n(CC[C@H]2Nc3ccccc3CO2)[nH]1. The third-order valence-corrected chi connectivity index (χ3v) is 3.28. The molecule has 0 fully saturated rings. The first-order valence-corrected chi connectivity index (χ1v) is 6.48. The van der Waals surface area contributed by atoms with Crippen LogP contribution in [0.4, 0.5) is 5.69 Å². The van der Waals surface area contributed by atoms with Crippen molar-refractivity contribution < 1.29 is 4.74 Å². The van der Waals surface area contributed by atoms with Crippen molar-refractivity contribution in [2.45, 2.75) is 25.8 Å². The number of nitrogens with zero attached hydrogens (tertiary/aromatic N) is 1. The summed E-state index contributed by atoms with van der Waals surface area (Å²) >= 11 is 0. The molecule has 104 valence electrons. The minimum atomic E-state index is -0.285. The molecular formula is C14H15N3O3. The van der Waals surface area contributed by atoms with Crippen molar-refractivity contribution in [1.82, 2.24) is 9.78 Å². The Morgan fingerprint density at radius 3 is 2.95 bits per heavy atom. The number of aromatic nitrogens is 2. The minimum absolute atomic E-state index is 0.166. The fraction of sp³-hybridized carbons (Fsp3) is 0.286. The van der Waals surface area contributed by atoms with Gasteiger partial charge in [0.05, 0.1) is 6.61 Å². The number of fused-ring (bicyclic) bond motifs is 1. The molecule has 6 heteroatoms. The summed E-state index contributed by atoms with van der Waals surface area (Å²) in [6, 6.07) is 10.4. The Labute approximate surface area is 115 Å². The lowest BCUT2D eigenvalue weighted by atomic mass is 10.1. The van der Waals surface area contributed by atoms with Crippen molar-refractivity contribution in [2.75, 3.05) is 5.32 Å². The van der Waals surface area contributed by atoms with E-state index in [9.17, 15) is 9.59 Å². The zero-order chi connectivity index (χ0) is 13.9. The van der Waals surface area contributed by atoms with Crippen LogP contribution in [0.2, 0.25) is 0 Å². The molecule has 20 heavy (non-hydrogen) atoms. The van der Waals surface area contributed by atoms with Crippen molar-refractivity contribution in [1.29, 1.82) is 0 Å². The van der Waals surface area contributed by atoms with Gasteiger partial charge >= 0.3 is 0 Å². The first kappa shape index (κ1) is 12.7. The number of hydrogen-bond acceptors (Lipinski definition) is 4. The Kier molecular flexibility index (Phi) is 3.39. The lowest BCUT2D eigenvalue weighted by molar-refractivity contribution is 0.0423. The Morgan fingerprint density at radius 1 is 1.20 bits per heavy atom. The fourth-order valence-corrected chi connectivity index (χ4v) is 2.22. The number of aryl methyl sites for hydroxylation is 1. The highest BCUT2D eigenvalue weighted by atomic mass is 16.5. The fourth-order valence-electron chi connectivity index (χ4n) is 2.22. The van der Waals surface area contributed by atoms with E-state index in [0.29, 0.717) is 19.6 Å². The highest BCUT2D eigenvalue weighted by Crippen LogP contribution is 2.23. The summed E-state index contributed by atoms with van der Waals surface area (Å²) in [7, 11) is 0. The molecule has 0 saturated carbocycles. The maximum Gasteiger partial charge on any atom is 0.265 e. The van der Waals surface area contributed by atoms with Crippen LogP contribution in [0.5, 0.6) is 0 Å². The topological polar surface area (TPSA) is 76.1 Å². The molecule has 3 rings (SSSR count). The van der Waals surface area contributed by atoms with Crippen LogP contribution in [0.1, 0.15) is 12.0 Å².